The third kappa shape index (κ3) is 30.5. The van der Waals surface area contributed by atoms with E-state index < -0.39 is 163 Å². The maximum absolute atomic E-state index is 14.3. The molecule has 2 aromatic carbocycles. The Balaban J connectivity index is 1.67. The summed E-state index contributed by atoms with van der Waals surface area (Å²) in [5, 5.41) is 66.3. The topological polar surface area (TPSA) is 536 Å². The van der Waals surface area contributed by atoms with Crippen LogP contribution in [0.25, 0.3) is 0 Å². The normalized spacial score (nSPS) is 24.3. The minimum Gasteiger partial charge on any atom is -0.508 e. The first-order valence-electron chi connectivity index (χ1n) is 33.1. The van der Waals surface area contributed by atoms with Gasteiger partial charge in [0, 0.05) is 43.2 Å². The Morgan fingerprint density at radius 3 is 1.94 bits per heavy atom. The van der Waals surface area contributed by atoms with Gasteiger partial charge in [0.25, 0.3) is 5.91 Å². The molecule has 2 aliphatic rings. The number of benzene rings is 2. The lowest BCUT2D eigenvalue weighted by Gasteiger charge is -2.30. The molecule has 36 heteroatoms. The van der Waals surface area contributed by atoms with Crippen LogP contribution in [0.4, 0.5) is 0 Å². The van der Waals surface area contributed by atoms with Gasteiger partial charge in [-0.15, -0.1) is 0 Å². The third-order valence-electron chi connectivity index (χ3n) is 15.8. The second-order valence-corrected chi connectivity index (χ2v) is 26.8. The molecular formula is C65H97N15O19S2. The molecule has 0 aromatic heterocycles. The monoisotopic (exact) mass is 1460 g/mol. The van der Waals surface area contributed by atoms with Gasteiger partial charge in [-0.2, -0.15) is 23.5 Å². The number of aliphatic carboxylic acids is 2. The summed E-state index contributed by atoms with van der Waals surface area (Å²) in [5.41, 5.74) is 18.9. The number of aliphatic hydroxyl groups is 1. The van der Waals surface area contributed by atoms with Gasteiger partial charge in [0.2, 0.25) is 59.1 Å². The summed E-state index contributed by atoms with van der Waals surface area (Å²) in [4.78, 5) is 187. The van der Waals surface area contributed by atoms with E-state index in [0.29, 0.717) is 55.1 Å². The molecule has 0 saturated carbocycles. The number of carbonyl (C=O) groups is 13. The number of carboxylic acids is 2. The first kappa shape index (κ1) is 84.0. The zero-order valence-corrected chi connectivity index (χ0v) is 59.1. The molecule has 11 atom stereocenters. The summed E-state index contributed by atoms with van der Waals surface area (Å²) in [6.45, 7) is 7.68. The molecule has 19 N–H and O–H groups in total. The molecule has 101 heavy (non-hydrogen) atoms. The highest BCUT2D eigenvalue weighted by atomic mass is 32.2. The molecular weight excluding hydrogens is 1360 g/mol. The summed E-state index contributed by atoms with van der Waals surface area (Å²) in [5.74, 6) is -12.9. The van der Waals surface area contributed by atoms with Crippen molar-refractivity contribution < 1.29 is 92.3 Å². The minimum atomic E-state index is -1.97. The third-order valence-corrected chi connectivity index (χ3v) is 17.5. The van der Waals surface area contributed by atoms with Gasteiger partial charge in [0.05, 0.1) is 19.1 Å². The van der Waals surface area contributed by atoms with Gasteiger partial charge in [0.15, 0.2) is 5.96 Å². The number of hydrogen-bond acceptors (Lipinski definition) is 21. The average Bonchev–Trinajstić information content (AvgIpc) is 1.73. The van der Waals surface area contributed by atoms with Crippen LogP contribution in [-0.4, -0.2) is 219 Å². The number of aromatic hydroxyl groups is 1. The van der Waals surface area contributed by atoms with Crippen molar-refractivity contribution in [3.8, 4) is 11.5 Å². The number of aliphatic imine (C=N–C) groups is 1. The predicted molar refractivity (Wildman–Crippen MR) is 373 cm³/mol. The number of nitrogens with zero attached hydrogens (tertiary/aromatic N) is 3. The molecule has 34 nitrogen and oxygen atoms in total. The number of hydrogen-bond donors (Lipinski definition) is 16. The number of phenolic OH excluding ortho intramolecular Hbond substituents is 1. The number of ether oxygens (including phenoxy) is 1. The SMILES string of the molecule is CSCc1cc2cc(c1)OCCCCCCON=CC(=O)N[C@@H](CCCN=C(N)N)C(=O)N[C@@H](C)C(=O)N1CCC[C@H]1C(=O)N[C@@H](CC(C)C)C(=O)N[C@@H](CC(=O)O)C(=O)N[C@@H]([C@@H](C)O)C(=O)N[C@@H](C)C(=O)NC(Cc1ccc(O)cc1)C(=O)N[C@@H](CCC(=O)O)C(=O)N[C@H](C(N)=O)CSC2. The van der Waals surface area contributed by atoms with E-state index in [4.69, 9.17) is 26.8 Å². The van der Waals surface area contributed by atoms with E-state index in [1.165, 1.54) is 47.9 Å². The quantitative estimate of drug-likeness (QED) is 0.0481. The second-order valence-electron chi connectivity index (χ2n) is 24.9. The first-order valence-corrected chi connectivity index (χ1v) is 35.7. The maximum atomic E-state index is 14.3. The van der Waals surface area contributed by atoms with Crippen LogP contribution in [0, 0.1) is 5.92 Å². The van der Waals surface area contributed by atoms with Crippen molar-refractivity contribution in [3.63, 3.8) is 0 Å². The fourth-order valence-electron chi connectivity index (χ4n) is 10.6. The average molecular weight is 1460 g/mol. The minimum absolute atomic E-state index is 0.00672. The van der Waals surface area contributed by atoms with Gasteiger partial charge in [0.1, 0.15) is 84.7 Å². The molecule has 1 fully saturated rings. The lowest BCUT2D eigenvalue weighted by molar-refractivity contribution is -0.143. The number of amides is 11. The molecule has 1 unspecified atom stereocenters. The second kappa shape index (κ2) is 43.3. The fourth-order valence-corrected chi connectivity index (χ4v) is 12.1. The van der Waals surface area contributed by atoms with E-state index >= 15 is 0 Å². The number of aliphatic hydroxyl groups excluding tert-OH is 1. The highest BCUT2D eigenvalue weighted by Gasteiger charge is 2.40. The summed E-state index contributed by atoms with van der Waals surface area (Å²) in [7, 11) is 0. The molecule has 2 aliphatic heterocycles. The molecule has 1 saturated heterocycles. The summed E-state index contributed by atoms with van der Waals surface area (Å²) < 4.78 is 6.15. The number of thioether (sulfide) groups is 2. The lowest BCUT2D eigenvalue weighted by atomic mass is 10.0. The Hall–Kier alpha value is -9.45. The Morgan fingerprint density at radius 1 is 0.683 bits per heavy atom. The molecule has 2 bridgehead atoms. The number of carbonyl (C=O) groups excluding carboxylic acids is 11. The van der Waals surface area contributed by atoms with Crippen molar-refractivity contribution in [2.75, 3.05) is 38.3 Å². The van der Waals surface area contributed by atoms with Gasteiger partial charge in [-0.1, -0.05) is 37.2 Å². The van der Waals surface area contributed by atoms with Crippen molar-refractivity contribution in [2.24, 2.45) is 33.3 Å². The van der Waals surface area contributed by atoms with Crippen LogP contribution in [-0.2, 0) is 85.1 Å². The fraction of sp³-hybridized carbons (Fsp3) is 0.585. The standard InChI is InChI=1S/C65H97N15O19S2/c1-35(2)25-46-59(92)76-48(30-53(86)87)61(94)79-54(38(5)81)63(96)71-36(3)56(89)75-47(29-39-15-17-42(82)18-16-39)60(93)74-45(19-20-52(84)85)58(91)78-49(55(66)88)34-101-33-41-26-40(32-100-6)27-43(28-41)98-23-9-7-8-10-24-99-70-31-51(83)73-44(13-11-21-69-65(67)68)57(90)72-37(4)64(97)80-22-12-14-50(80)62(95)77-46/h15-18,26-28,31,35-38,44-50,54,81-82H,7-14,19-25,29-30,32-34H2,1-6H3,(H2,66,88)(H,71,96)(H,72,90)(H,73,83)(H,74,93)(H,75,89)(H,76,92)(H,77,95)(H,78,91)(H,79,94)(H,84,85)(H,86,87)(H4,67,68,69)/t36-,37-,38+,44-,45-,46-,47?,48-,49-,50-,54-/m0/s1. The van der Waals surface area contributed by atoms with E-state index in [2.05, 4.69) is 58.0 Å². The number of carboxylic acid groups (broad SMARTS) is 2. The highest BCUT2D eigenvalue weighted by molar-refractivity contribution is 7.98. The van der Waals surface area contributed by atoms with Gasteiger partial charge < -0.3 is 100.0 Å². The van der Waals surface area contributed by atoms with Gasteiger partial charge >= 0.3 is 11.9 Å². The van der Waals surface area contributed by atoms with Crippen molar-refractivity contribution in [2.45, 2.75) is 196 Å². The molecule has 2 heterocycles. The molecule has 0 spiro atoms. The number of oxime groups is 1. The predicted octanol–water partition coefficient (Wildman–Crippen LogP) is -1.61. The maximum Gasteiger partial charge on any atom is 0.305 e. The van der Waals surface area contributed by atoms with E-state index in [1.807, 2.05) is 24.5 Å². The Bertz CT molecular complexity index is 3250. The molecule has 2 aromatic rings. The molecule has 11 amide bonds. The molecule has 0 radical (unpaired) electrons. The number of nitrogens with two attached hydrogens (primary N) is 3. The molecule has 0 aliphatic carbocycles. The van der Waals surface area contributed by atoms with Gasteiger partial charge in [-0.3, -0.25) is 67.3 Å². The number of nitrogens with one attached hydrogen (secondary N) is 9. The van der Waals surface area contributed by atoms with Crippen LogP contribution in [0.1, 0.15) is 128 Å². The van der Waals surface area contributed by atoms with Crippen LogP contribution in [0.15, 0.2) is 52.6 Å². The summed E-state index contributed by atoms with van der Waals surface area (Å²) >= 11 is 2.82. The molecule has 4 rings (SSSR count). The van der Waals surface area contributed by atoms with Crippen LogP contribution in [0.5, 0.6) is 11.5 Å². The van der Waals surface area contributed by atoms with Crippen LogP contribution >= 0.6 is 23.5 Å². The van der Waals surface area contributed by atoms with Crippen LogP contribution in [0.2, 0.25) is 0 Å². The zero-order valence-electron chi connectivity index (χ0n) is 57.5. The number of guanidine groups is 1. The van der Waals surface area contributed by atoms with Crippen LogP contribution < -0.4 is 69.8 Å². The first-order chi connectivity index (χ1) is 47.8. The summed E-state index contributed by atoms with van der Waals surface area (Å²) in [6, 6.07) is -4.14. The van der Waals surface area contributed by atoms with Crippen molar-refractivity contribution in [1.29, 1.82) is 0 Å². The Kier molecular flexibility index (Phi) is 36.0. The van der Waals surface area contributed by atoms with Crippen molar-refractivity contribution in [3.05, 3.63) is 59.2 Å². The number of primary amides is 1. The lowest BCUT2D eigenvalue weighted by Crippen LogP contribution is -2.62. The van der Waals surface area contributed by atoms with Gasteiger partial charge in [-0.25, -0.2) is 0 Å². The largest absolute Gasteiger partial charge is 0.508 e. The number of fused-ring (bicyclic) bond motifs is 3. The number of phenols is 1. The molecule has 558 valence electrons. The van der Waals surface area contributed by atoms with Crippen molar-refractivity contribution in [1.82, 2.24) is 52.8 Å². The Labute approximate surface area is 593 Å². The van der Waals surface area contributed by atoms with Crippen LogP contribution in [0.3, 0.4) is 0 Å². The smallest absolute Gasteiger partial charge is 0.305 e. The van der Waals surface area contributed by atoms with E-state index in [9.17, 15) is 82.8 Å². The zero-order chi connectivity index (χ0) is 74.9. The Morgan fingerprint density at radius 2 is 1.30 bits per heavy atom. The summed E-state index contributed by atoms with van der Waals surface area (Å²) in [6.07, 6.45) is 1.69. The van der Waals surface area contributed by atoms with E-state index in [-0.39, 0.29) is 75.2 Å². The highest BCUT2D eigenvalue weighted by Crippen LogP contribution is 2.25. The van der Waals surface area contributed by atoms with Gasteiger partial charge in [-0.05, 0) is 138 Å². The van der Waals surface area contributed by atoms with Crippen molar-refractivity contribution >= 4 is 113 Å². The van der Waals surface area contributed by atoms with E-state index in [1.54, 1.807) is 25.6 Å². The van der Waals surface area contributed by atoms with E-state index in [0.717, 1.165) is 37.6 Å². The number of rotatable bonds is 17.